The van der Waals surface area contributed by atoms with E-state index < -0.39 is 0 Å². The number of hydrogen-bond donors (Lipinski definition) is 0. The first-order chi connectivity index (χ1) is 16.3. The molecule has 0 bridgehead atoms. The fraction of sp³-hybridized carbons (Fsp3) is 0.560. The molecule has 1 fully saturated rings. The molecule has 0 spiro atoms. The van der Waals surface area contributed by atoms with E-state index in [0.29, 0.717) is 69.1 Å². The Bertz CT molecular complexity index is 978. The molecule has 0 aliphatic carbocycles. The molecule has 0 N–H and O–H groups in total. The zero-order valence-electron chi connectivity index (χ0n) is 20.7. The zero-order valence-corrected chi connectivity index (χ0v) is 20.7. The zero-order chi connectivity index (χ0) is 24.8. The summed E-state index contributed by atoms with van der Waals surface area (Å²) < 4.78 is 21.5. The molecule has 9 heteroatoms. The van der Waals surface area contributed by atoms with E-state index in [1.54, 1.807) is 23.8 Å². The first-order valence-corrected chi connectivity index (χ1v) is 11.6. The Morgan fingerprint density at radius 1 is 1.03 bits per heavy atom. The fourth-order valence-corrected chi connectivity index (χ4v) is 4.43. The second-order valence-electron chi connectivity index (χ2n) is 8.42. The van der Waals surface area contributed by atoms with E-state index in [2.05, 4.69) is 0 Å². The minimum Gasteiger partial charge on any atom is -0.496 e. The summed E-state index contributed by atoms with van der Waals surface area (Å²) in [5, 5.41) is 0. The summed E-state index contributed by atoms with van der Waals surface area (Å²) >= 11 is 0. The minimum absolute atomic E-state index is 0.0718. The summed E-state index contributed by atoms with van der Waals surface area (Å²) in [4.78, 5) is 40.2. The second kappa shape index (κ2) is 11.3. The van der Waals surface area contributed by atoms with Crippen LogP contribution in [0.3, 0.4) is 0 Å². The maximum Gasteiger partial charge on any atom is 0.409 e. The van der Waals surface area contributed by atoms with Crippen LogP contribution in [0.1, 0.15) is 53.7 Å². The number of allylic oxidation sites excluding steroid dienone is 2. The maximum atomic E-state index is 12.7. The summed E-state index contributed by atoms with van der Waals surface area (Å²) in [5.41, 5.74) is 4.00. The molecule has 2 aliphatic heterocycles. The fourth-order valence-electron chi connectivity index (χ4n) is 4.43. The van der Waals surface area contributed by atoms with Crippen molar-refractivity contribution in [1.29, 1.82) is 0 Å². The van der Waals surface area contributed by atoms with E-state index in [1.165, 1.54) is 7.11 Å². The summed E-state index contributed by atoms with van der Waals surface area (Å²) in [6.07, 6.45) is 3.23. The molecular weight excluding hydrogens is 440 g/mol. The maximum absolute atomic E-state index is 12.7. The van der Waals surface area contributed by atoms with Crippen molar-refractivity contribution in [2.45, 2.75) is 46.6 Å². The van der Waals surface area contributed by atoms with Crippen LogP contribution in [0.2, 0.25) is 0 Å². The largest absolute Gasteiger partial charge is 0.496 e. The number of amides is 2. The van der Waals surface area contributed by atoms with Crippen molar-refractivity contribution in [3.8, 4) is 11.5 Å². The number of hydrogen-bond acceptors (Lipinski definition) is 7. The van der Waals surface area contributed by atoms with Gasteiger partial charge in [0.15, 0.2) is 0 Å². The van der Waals surface area contributed by atoms with Crippen LogP contribution in [0.15, 0.2) is 11.6 Å². The summed E-state index contributed by atoms with van der Waals surface area (Å²) in [7, 11) is 3.14. The highest BCUT2D eigenvalue weighted by atomic mass is 16.6. The van der Waals surface area contributed by atoms with Crippen LogP contribution in [0.25, 0.3) is 0 Å². The Balaban J connectivity index is 1.62. The van der Waals surface area contributed by atoms with Crippen molar-refractivity contribution in [1.82, 2.24) is 9.80 Å². The third-order valence-corrected chi connectivity index (χ3v) is 6.38. The normalized spacial score (nSPS) is 15.7. The van der Waals surface area contributed by atoms with Crippen LogP contribution in [-0.2, 0) is 27.3 Å². The van der Waals surface area contributed by atoms with E-state index >= 15 is 0 Å². The van der Waals surface area contributed by atoms with Gasteiger partial charge in [-0.05, 0) is 39.2 Å². The number of benzene rings is 1. The quantitative estimate of drug-likeness (QED) is 0.422. The lowest BCUT2D eigenvalue weighted by atomic mass is 9.94. The average Bonchev–Trinajstić information content (AvgIpc) is 3.23. The van der Waals surface area contributed by atoms with Crippen LogP contribution >= 0.6 is 0 Å². The summed E-state index contributed by atoms with van der Waals surface area (Å²) in [5.74, 6) is 0.865. The van der Waals surface area contributed by atoms with Crippen LogP contribution in [-0.4, -0.2) is 74.8 Å². The molecule has 0 saturated carbocycles. The highest BCUT2D eigenvalue weighted by Gasteiger charge is 2.32. The third-order valence-electron chi connectivity index (χ3n) is 6.38. The number of nitrogens with zero attached hydrogens (tertiary/aromatic N) is 2. The molecule has 2 aliphatic rings. The van der Waals surface area contributed by atoms with Crippen molar-refractivity contribution in [2.24, 2.45) is 0 Å². The molecule has 0 aromatic heterocycles. The van der Waals surface area contributed by atoms with Gasteiger partial charge in [-0.3, -0.25) is 4.79 Å². The first kappa shape index (κ1) is 25.4. The molecule has 2 amide bonds. The van der Waals surface area contributed by atoms with Gasteiger partial charge < -0.3 is 28.7 Å². The number of cyclic esters (lactones) is 1. The van der Waals surface area contributed by atoms with E-state index in [0.717, 1.165) is 22.3 Å². The van der Waals surface area contributed by atoms with Crippen molar-refractivity contribution < 1.29 is 33.3 Å². The molecule has 0 unspecified atom stereocenters. The molecule has 1 saturated heterocycles. The average molecular weight is 475 g/mol. The van der Waals surface area contributed by atoms with Gasteiger partial charge in [0.25, 0.3) is 0 Å². The standard InChI is InChI=1S/C25H34N2O7/c1-6-33-25(30)27-13-11-26(12-14-27)20(28)10-8-16(2)7-9-18-22(31-4)17(3)19-15-34-24(29)21(19)23(18)32-5/h7H,6,8-15H2,1-5H3/b16-7+. The van der Waals surface area contributed by atoms with Crippen LogP contribution in [0.5, 0.6) is 11.5 Å². The number of methoxy groups -OCH3 is 2. The molecule has 2 heterocycles. The minimum atomic E-state index is -0.381. The molecule has 0 atom stereocenters. The van der Waals surface area contributed by atoms with Crippen molar-refractivity contribution in [3.05, 3.63) is 33.9 Å². The lowest BCUT2D eigenvalue weighted by Crippen LogP contribution is -2.50. The van der Waals surface area contributed by atoms with Crippen LogP contribution in [0, 0.1) is 6.92 Å². The van der Waals surface area contributed by atoms with Crippen LogP contribution < -0.4 is 9.47 Å². The van der Waals surface area contributed by atoms with Gasteiger partial charge in [0.05, 0.1) is 20.8 Å². The van der Waals surface area contributed by atoms with Gasteiger partial charge in [-0.1, -0.05) is 11.6 Å². The molecule has 1 aromatic carbocycles. The van der Waals surface area contributed by atoms with Gasteiger partial charge in [0.1, 0.15) is 23.7 Å². The molecule has 1 aromatic rings. The van der Waals surface area contributed by atoms with Gasteiger partial charge in [-0.15, -0.1) is 0 Å². The molecule has 3 rings (SSSR count). The van der Waals surface area contributed by atoms with E-state index in [1.807, 2.05) is 19.9 Å². The molecule has 0 radical (unpaired) electrons. The second-order valence-corrected chi connectivity index (χ2v) is 8.42. The number of esters is 1. The Kier molecular flexibility index (Phi) is 8.41. The van der Waals surface area contributed by atoms with Gasteiger partial charge >= 0.3 is 12.1 Å². The van der Waals surface area contributed by atoms with Crippen molar-refractivity contribution in [2.75, 3.05) is 47.0 Å². The monoisotopic (exact) mass is 474 g/mol. The number of carbonyl (C=O) groups excluding carboxylic acids is 3. The van der Waals surface area contributed by atoms with Crippen molar-refractivity contribution in [3.63, 3.8) is 0 Å². The Morgan fingerprint density at radius 3 is 2.29 bits per heavy atom. The van der Waals surface area contributed by atoms with Crippen molar-refractivity contribution >= 4 is 18.0 Å². The Hall–Kier alpha value is -3.23. The molecule has 186 valence electrons. The highest BCUT2D eigenvalue weighted by Crippen LogP contribution is 2.42. The highest BCUT2D eigenvalue weighted by molar-refractivity contribution is 5.98. The first-order valence-electron chi connectivity index (χ1n) is 11.6. The van der Waals surface area contributed by atoms with Crippen LogP contribution in [0.4, 0.5) is 4.79 Å². The van der Waals surface area contributed by atoms with Gasteiger partial charge in [0.2, 0.25) is 5.91 Å². The smallest absolute Gasteiger partial charge is 0.409 e. The van der Waals surface area contributed by atoms with Gasteiger partial charge in [0, 0.05) is 43.7 Å². The lowest BCUT2D eigenvalue weighted by molar-refractivity contribution is -0.132. The van der Waals surface area contributed by atoms with E-state index in [4.69, 9.17) is 18.9 Å². The summed E-state index contributed by atoms with van der Waals surface area (Å²) in [6.45, 7) is 8.24. The molecule has 34 heavy (non-hydrogen) atoms. The third kappa shape index (κ3) is 5.29. The van der Waals surface area contributed by atoms with Gasteiger partial charge in [-0.25, -0.2) is 9.59 Å². The van der Waals surface area contributed by atoms with Gasteiger partial charge in [-0.2, -0.15) is 0 Å². The number of piperazine rings is 1. The Labute approximate surface area is 200 Å². The predicted molar refractivity (Wildman–Crippen MR) is 125 cm³/mol. The topological polar surface area (TPSA) is 94.6 Å². The summed E-state index contributed by atoms with van der Waals surface area (Å²) in [6, 6.07) is 0. The lowest BCUT2D eigenvalue weighted by Gasteiger charge is -2.34. The predicted octanol–water partition coefficient (Wildman–Crippen LogP) is 3.25. The number of ether oxygens (including phenoxy) is 4. The number of fused-ring (bicyclic) bond motifs is 1. The van der Waals surface area contributed by atoms with E-state index in [-0.39, 0.29) is 24.6 Å². The molecular formula is C25H34N2O7. The molecule has 9 nitrogen and oxygen atoms in total. The SMILES string of the molecule is CCOC(=O)N1CCN(C(=O)CC/C(C)=C/Cc2c(OC)c(C)c3c(c2OC)C(=O)OC3)CC1. The number of carbonyl (C=O) groups is 3. The van der Waals surface area contributed by atoms with E-state index in [9.17, 15) is 14.4 Å². The number of rotatable bonds is 8. The Morgan fingerprint density at radius 2 is 1.68 bits per heavy atom.